The van der Waals surface area contributed by atoms with Crippen LogP contribution in [0.2, 0.25) is 0 Å². The lowest BCUT2D eigenvalue weighted by molar-refractivity contribution is -0.139. The first kappa shape index (κ1) is 18.3. The number of likely N-dealkylation sites (tertiary alicyclic amines) is 2. The third-order valence-electron chi connectivity index (χ3n) is 6.51. The summed E-state index contributed by atoms with van der Waals surface area (Å²) >= 11 is 0. The predicted molar refractivity (Wildman–Crippen MR) is 107 cm³/mol. The summed E-state index contributed by atoms with van der Waals surface area (Å²) in [4.78, 5) is 29.0. The van der Waals surface area contributed by atoms with Crippen molar-refractivity contribution in [1.29, 1.82) is 0 Å². The number of aryl methyl sites for hydroxylation is 2. The number of urea groups is 1. The standard InChI is InChI=1S/C22H31N3O2/c1-16-11-17(2)13-19(12-16)23-21(27)24-9-7-22(8-10-24)6-5-20(26)25(15-22)14-18-3-4-18/h11-13,18H,3-10,14-15H2,1-2H3,(H,23,27). The second-order valence-corrected chi connectivity index (χ2v) is 9.01. The predicted octanol–water partition coefficient (Wildman–Crippen LogP) is 3.95. The molecule has 1 aliphatic carbocycles. The van der Waals surface area contributed by atoms with Gasteiger partial charge in [-0.25, -0.2) is 4.79 Å². The number of carbonyl (C=O) groups excluding carboxylic acids is 2. The van der Waals surface area contributed by atoms with Crippen LogP contribution in [-0.4, -0.2) is 47.9 Å². The molecule has 1 saturated carbocycles. The average Bonchev–Trinajstić information content (AvgIpc) is 3.42. The number of piperidine rings is 2. The number of benzene rings is 1. The number of carbonyl (C=O) groups is 2. The lowest BCUT2D eigenvalue weighted by Gasteiger charge is -2.47. The molecule has 3 fully saturated rings. The molecule has 27 heavy (non-hydrogen) atoms. The van der Waals surface area contributed by atoms with Crippen LogP contribution < -0.4 is 5.32 Å². The maximum absolute atomic E-state index is 12.7. The van der Waals surface area contributed by atoms with Crippen molar-refractivity contribution >= 4 is 17.6 Å². The number of anilines is 1. The Labute approximate surface area is 162 Å². The van der Waals surface area contributed by atoms with E-state index >= 15 is 0 Å². The van der Waals surface area contributed by atoms with Crippen LogP contribution in [0.1, 0.15) is 49.7 Å². The Kier molecular flexibility index (Phi) is 4.87. The topological polar surface area (TPSA) is 52.7 Å². The molecule has 1 spiro atoms. The molecular weight excluding hydrogens is 338 g/mol. The van der Waals surface area contributed by atoms with Crippen LogP contribution in [-0.2, 0) is 4.79 Å². The molecule has 2 saturated heterocycles. The highest BCUT2D eigenvalue weighted by Gasteiger charge is 2.42. The molecule has 0 aromatic heterocycles. The van der Waals surface area contributed by atoms with Crippen molar-refractivity contribution in [2.45, 2.75) is 52.4 Å². The Hall–Kier alpha value is -2.04. The molecule has 4 rings (SSSR count). The summed E-state index contributed by atoms with van der Waals surface area (Å²) in [5.41, 5.74) is 3.41. The van der Waals surface area contributed by atoms with Crippen LogP contribution >= 0.6 is 0 Å². The smallest absolute Gasteiger partial charge is 0.321 e. The zero-order valence-electron chi connectivity index (χ0n) is 16.6. The Morgan fingerprint density at radius 3 is 2.41 bits per heavy atom. The minimum atomic E-state index is -0.00317. The first-order valence-electron chi connectivity index (χ1n) is 10.3. The van der Waals surface area contributed by atoms with Gasteiger partial charge < -0.3 is 15.1 Å². The first-order chi connectivity index (χ1) is 12.9. The lowest BCUT2D eigenvalue weighted by Crippen LogP contribution is -2.53. The van der Waals surface area contributed by atoms with Crippen molar-refractivity contribution in [2.24, 2.45) is 11.3 Å². The fourth-order valence-corrected chi connectivity index (χ4v) is 4.72. The van der Waals surface area contributed by atoms with Gasteiger partial charge in [-0.05, 0) is 80.5 Å². The van der Waals surface area contributed by atoms with Crippen molar-refractivity contribution in [1.82, 2.24) is 9.80 Å². The van der Waals surface area contributed by atoms with Crippen LogP contribution in [0, 0.1) is 25.2 Å². The maximum Gasteiger partial charge on any atom is 0.321 e. The molecule has 3 aliphatic rings. The summed E-state index contributed by atoms with van der Waals surface area (Å²) in [7, 11) is 0. The molecule has 0 bridgehead atoms. The van der Waals surface area contributed by atoms with Crippen LogP contribution in [0.4, 0.5) is 10.5 Å². The monoisotopic (exact) mass is 369 g/mol. The number of hydrogen-bond donors (Lipinski definition) is 1. The van der Waals surface area contributed by atoms with Crippen LogP contribution in [0.25, 0.3) is 0 Å². The van der Waals surface area contributed by atoms with E-state index in [1.165, 1.54) is 12.8 Å². The number of hydrogen-bond acceptors (Lipinski definition) is 2. The van der Waals surface area contributed by atoms with Gasteiger partial charge in [-0.1, -0.05) is 6.07 Å². The fourth-order valence-electron chi connectivity index (χ4n) is 4.72. The molecule has 0 unspecified atom stereocenters. The zero-order valence-corrected chi connectivity index (χ0v) is 16.6. The van der Waals surface area contributed by atoms with Crippen molar-refractivity contribution in [3.8, 4) is 0 Å². The van der Waals surface area contributed by atoms with E-state index in [1.54, 1.807) is 0 Å². The van der Waals surface area contributed by atoms with E-state index in [2.05, 4.69) is 16.3 Å². The van der Waals surface area contributed by atoms with Gasteiger partial charge in [0.25, 0.3) is 0 Å². The number of rotatable bonds is 3. The fraction of sp³-hybridized carbons (Fsp3) is 0.636. The molecule has 1 N–H and O–H groups in total. The van der Waals surface area contributed by atoms with Gasteiger partial charge in [-0.15, -0.1) is 0 Å². The average molecular weight is 370 g/mol. The molecule has 5 heteroatoms. The van der Waals surface area contributed by atoms with Gasteiger partial charge >= 0.3 is 6.03 Å². The molecule has 5 nitrogen and oxygen atoms in total. The molecule has 0 radical (unpaired) electrons. The van der Waals surface area contributed by atoms with Crippen molar-refractivity contribution in [3.05, 3.63) is 29.3 Å². The minimum Gasteiger partial charge on any atom is -0.342 e. The summed E-state index contributed by atoms with van der Waals surface area (Å²) in [5, 5.41) is 3.06. The maximum atomic E-state index is 12.7. The Morgan fingerprint density at radius 2 is 1.78 bits per heavy atom. The van der Waals surface area contributed by atoms with E-state index in [0.717, 1.165) is 68.2 Å². The van der Waals surface area contributed by atoms with E-state index in [1.807, 2.05) is 30.9 Å². The van der Waals surface area contributed by atoms with E-state index in [0.29, 0.717) is 12.3 Å². The van der Waals surface area contributed by atoms with Crippen molar-refractivity contribution in [2.75, 3.05) is 31.5 Å². The summed E-state index contributed by atoms with van der Waals surface area (Å²) in [6.45, 7) is 7.51. The summed E-state index contributed by atoms with van der Waals surface area (Å²) in [5.74, 6) is 1.08. The molecule has 0 atom stereocenters. The largest absolute Gasteiger partial charge is 0.342 e. The second kappa shape index (κ2) is 7.17. The van der Waals surface area contributed by atoms with Crippen molar-refractivity contribution in [3.63, 3.8) is 0 Å². The quantitative estimate of drug-likeness (QED) is 0.877. The summed E-state index contributed by atoms with van der Waals surface area (Å²) < 4.78 is 0. The normalized spacial score (nSPS) is 22.2. The van der Waals surface area contributed by atoms with E-state index in [4.69, 9.17) is 0 Å². The molecule has 2 aliphatic heterocycles. The molecule has 1 aromatic carbocycles. The highest BCUT2D eigenvalue weighted by molar-refractivity contribution is 5.89. The highest BCUT2D eigenvalue weighted by Crippen LogP contribution is 2.41. The van der Waals surface area contributed by atoms with E-state index in [9.17, 15) is 9.59 Å². The Bertz CT molecular complexity index is 713. The van der Waals surface area contributed by atoms with Crippen LogP contribution in [0.5, 0.6) is 0 Å². The van der Waals surface area contributed by atoms with Gasteiger partial charge in [-0.2, -0.15) is 0 Å². The van der Waals surface area contributed by atoms with Gasteiger partial charge in [0.2, 0.25) is 5.91 Å². The van der Waals surface area contributed by atoms with Crippen LogP contribution in [0.3, 0.4) is 0 Å². The van der Waals surface area contributed by atoms with Gasteiger partial charge in [0.1, 0.15) is 0 Å². The molecule has 2 heterocycles. The van der Waals surface area contributed by atoms with Gasteiger partial charge in [0.15, 0.2) is 0 Å². The van der Waals surface area contributed by atoms with Gasteiger partial charge in [0, 0.05) is 38.3 Å². The summed E-state index contributed by atoms with van der Waals surface area (Å²) in [6.07, 6.45) is 6.23. The SMILES string of the molecule is Cc1cc(C)cc(NC(=O)N2CCC3(CCC(=O)N(CC4CC4)C3)CC2)c1. The first-order valence-corrected chi connectivity index (χ1v) is 10.3. The second-order valence-electron chi connectivity index (χ2n) is 9.01. The number of nitrogens with zero attached hydrogens (tertiary/aromatic N) is 2. The minimum absolute atomic E-state index is 0.00317. The number of nitrogens with one attached hydrogen (secondary N) is 1. The summed E-state index contributed by atoms with van der Waals surface area (Å²) in [6, 6.07) is 6.13. The Balaban J connectivity index is 1.33. The van der Waals surface area contributed by atoms with Gasteiger partial charge in [0.05, 0.1) is 0 Å². The van der Waals surface area contributed by atoms with Crippen LogP contribution in [0.15, 0.2) is 18.2 Å². The van der Waals surface area contributed by atoms with Gasteiger partial charge in [-0.3, -0.25) is 4.79 Å². The molecular formula is C22H31N3O2. The number of amides is 3. The Morgan fingerprint density at radius 1 is 1.11 bits per heavy atom. The third-order valence-corrected chi connectivity index (χ3v) is 6.51. The zero-order chi connectivity index (χ0) is 19.0. The molecule has 146 valence electrons. The van der Waals surface area contributed by atoms with Crippen molar-refractivity contribution < 1.29 is 9.59 Å². The third kappa shape index (κ3) is 4.28. The lowest BCUT2D eigenvalue weighted by atomic mass is 9.72. The molecule has 3 amide bonds. The van der Waals surface area contributed by atoms with E-state index in [-0.39, 0.29) is 11.4 Å². The van der Waals surface area contributed by atoms with E-state index < -0.39 is 0 Å². The highest BCUT2D eigenvalue weighted by atomic mass is 16.2. The molecule has 1 aromatic rings.